The maximum Gasteiger partial charge on any atom is 0.268 e. The van der Waals surface area contributed by atoms with Gasteiger partial charge in [-0.2, -0.15) is 0 Å². The topological polar surface area (TPSA) is 54.5 Å². The molecule has 22 heavy (non-hydrogen) atoms. The molecule has 7 heteroatoms. The van der Waals surface area contributed by atoms with Gasteiger partial charge in [0, 0.05) is 13.1 Å². The van der Waals surface area contributed by atoms with Gasteiger partial charge in [-0.05, 0) is 30.0 Å². The third-order valence-electron chi connectivity index (χ3n) is 3.47. The molecular formula is C15H16ClN3O2S. The second kappa shape index (κ2) is 6.64. The number of rotatable bonds is 3. The second-order valence-electron chi connectivity index (χ2n) is 5.02. The number of nitrogens with one attached hydrogen (secondary N) is 1. The quantitative estimate of drug-likeness (QED) is 0.934. The molecule has 1 aliphatic rings. The van der Waals surface area contributed by atoms with Crippen LogP contribution in [-0.2, 0) is 4.74 Å². The van der Waals surface area contributed by atoms with Gasteiger partial charge in [0.25, 0.3) is 5.91 Å². The zero-order chi connectivity index (χ0) is 15.5. The van der Waals surface area contributed by atoms with Crippen molar-refractivity contribution in [3.8, 4) is 0 Å². The molecule has 3 heterocycles. The monoisotopic (exact) mass is 337 g/mol. The van der Waals surface area contributed by atoms with Gasteiger partial charge in [-0.25, -0.2) is 4.98 Å². The predicted octanol–water partition coefficient (Wildman–Crippen LogP) is 3.19. The highest BCUT2D eigenvalue weighted by molar-refractivity contribution is 7.13. The molecule has 0 aromatic carbocycles. The van der Waals surface area contributed by atoms with Gasteiger partial charge < -0.3 is 15.0 Å². The molecule has 0 bridgehead atoms. The first-order valence-electron chi connectivity index (χ1n) is 6.99. The molecule has 3 rings (SSSR count). The Labute approximate surface area is 137 Å². The number of carbonyl (C=O) groups excluding carboxylic acids is 1. The Kier molecular flexibility index (Phi) is 4.61. The van der Waals surface area contributed by atoms with Crippen molar-refractivity contribution in [3.05, 3.63) is 39.2 Å². The highest BCUT2D eigenvalue weighted by atomic mass is 35.5. The molecule has 1 aliphatic heterocycles. The Hall–Kier alpha value is -1.63. The number of carbonyl (C=O) groups is 1. The predicted molar refractivity (Wildman–Crippen MR) is 89.3 cm³/mol. The minimum Gasteiger partial charge on any atom is -0.378 e. The van der Waals surface area contributed by atoms with E-state index in [4.69, 9.17) is 16.3 Å². The fourth-order valence-electron chi connectivity index (χ4n) is 2.22. The van der Waals surface area contributed by atoms with Gasteiger partial charge in [0.1, 0.15) is 10.7 Å². The van der Waals surface area contributed by atoms with Crippen molar-refractivity contribution in [2.75, 3.05) is 36.5 Å². The van der Waals surface area contributed by atoms with E-state index >= 15 is 0 Å². The van der Waals surface area contributed by atoms with Gasteiger partial charge in [-0.15, -0.1) is 11.3 Å². The van der Waals surface area contributed by atoms with Crippen molar-refractivity contribution in [3.63, 3.8) is 0 Å². The fraction of sp³-hybridized carbons (Fsp3) is 0.333. The number of pyridine rings is 1. The third kappa shape index (κ3) is 3.24. The van der Waals surface area contributed by atoms with Crippen molar-refractivity contribution < 1.29 is 9.53 Å². The van der Waals surface area contributed by atoms with Crippen LogP contribution >= 0.6 is 22.9 Å². The molecule has 0 unspecified atom stereocenters. The molecule has 5 nitrogen and oxygen atoms in total. The Bertz CT molecular complexity index is 666. The Morgan fingerprint density at radius 3 is 2.77 bits per heavy atom. The van der Waals surface area contributed by atoms with Crippen LogP contribution < -0.4 is 10.2 Å². The lowest BCUT2D eigenvalue weighted by Gasteiger charge is -2.28. The molecule has 1 N–H and O–H groups in total. The molecule has 2 aromatic rings. The fourth-order valence-corrected chi connectivity index (χ4v) is 3.40. The van der Waals surface area contributed by atoms with Crippen LogP contribution in [0.5, 0.6) is 0 Å². The number of morpholine rings is 1. The number of nitrogens with zero attached hydrogens (tertiary/aromatic N) is 2. The van der Waals surface area contributed by atoms with E-state index < -0.39 is 0 Å². The second-order valence-corrected chi connectivity index (χ2v) is 6.27. The van der Waals surface area contributed by atoms with Crippen molar-refractivity contribution in [1.29, 1.82) is 0 Å². The number of halogens is 1. The summed E-state index contributed by atoms with van der Waals surface area (Å²) in [7, 11) is 0. The van der Waals surface area contributed by atoms with E-state index in [0.29, 0.717) is 15.7 Å². The summed E-state index contributed by atoms with van der Waals surface area (Å²) in [6.45, 7) is 5.06. The van der Waals surface area contributed by atoms with Crippen LogP contribution in [0.2, 0.25) is 5.02 Å². The summed E-state index contributed by atoms with van der Waals surface area (Å²) in [5.74, 6) is 0.291. The number of hydrogen-bond acceptors (Lipinski definition) is 5. The van der Waals surface area contributed by atoms with Gasteiger partial charge in [0.2, 0.25) is 0 Å². The summed E-state index contributed by atoms with van der Waals surface area (Å²) >= 11 is 7.44. The number of aryl methyl sites for hydroxylation is 1. The van der Waals surface area contributed by atoms with Crippen LogP contribution in [0.3, 0.4) is 0 Å². The SMILES string of the molecule is Cc1csc(C(=O)Nc2ccc(N3CCOCC3)cn2)c1Cl. The van der Waals surface area contributed by atoms with Crippen molar-refractivity contribution in [2.45, 2.75) is 6.92 Å². The number of ether oxygens (including phenoxy) is 1. The zero-order valence-electron chi connectivity index (χ0n) is 12.1. The van der Waals surface area contributed by atoms with Crippen LogP contribution in [0.4, 0.5) is 11.5 Å². The number of aromatic nitrogens is 1. The Morgan fingerprint density at radius 1 is 1.41 bits per heavy atom. The summed E-state index contributed by atoms with van der Waals surface area (Å²) in [5.41, 5.74) is 1.94. The average Bonchev–Trinajstić information content (AvgIpc) is 2.88. The van der Waals surface area contributed by atoms with Crippen LogP contribution in [-0.4, -0.2) is 37.2 Å². The van der Waals surface area contributed by atoms with Crippen molar-refractivity contribution in [1.82, 2.24) is 4.98 Å². The average molecular weight is 338 g/mol. The minimum atomic E-state index is -0.227. The first kappa shape index (κ1) is 15.3. The van der Waals surface area contributed by atoms with E-state index in [1.54, 1.807) is 12.3 Å². The van der Waals surface area contributed by atoms with Gasteiger partial charge >= 0.3 is 0 Å². The molecule has 116 valence electrons. The van der Waals surface area contributed by atoms with Gasteiger partial charge in [-0.1, -0.05) is 11.6 Å². The third-order valence-corrected chi connectivity index (χ3v) is 5.17. The van der Waals surface area contributed by atoms with Crippen LogP contribution in [0.25, 0.3) is 0 Å². The Morgan fingerprint density at radius 2 is 2.18 bits per heavy atom. The molecule has 2 aromatic heterocycles. The molecular weight excluding hydrogens is 322 g/mol. The summed E-state index contributed by atoms with van der Waals surface area (Å²) < 4.78 is 5.33. The van der Waals surface area contributed by atoms with Crippen molar-refractivity contribution in [2.24, 2.45) is 0 Å². The standard InChI is InChI=1S/C15H16ClN3O2S/c1-10-9-22-14(13(10)16)15(20)18-12-3-2-11(8-17-12)19-4-6-21-7-5-19/h2-3,8-9H,4-7H2,1H3,(H,17,18,20). The number of amides is 1. The van der Waals surface area contributed by atoms with E-state index in [-0.39, 0.29) is 5.91 Å². The van der Waals surface area contributed by atoms with E-state index in [9.17, 15) is 4.79 Å². The number of thiophene rings is 1. The normalized spacial score (nSPS) is 14.9. The molecule has 1 fully saturated rings. The van der Waals surface area contributed by atoms with E-state index in [2.05, 4.69) is 15.2 Å². The number of hydrogen-bond donors (Lipinski definition) is 1. The lowest BCUT2D eigenvalue weighted by atomic mass is 10.3. The first-order valence-corrected chi connectivity index (χ1v) is 8.24. The molecule has 0 atom stereocenters. The smallest absolute Gasteiger partial charge is 0.268 e. The summed E-state index contributed by atoms with van der Waals surface area (Å²) in [4.78, 5) is 19.2. The number of anilines is 2. The summed E-state index contributed by atoms with van der Waals surface area (Å²) in [6.07, 6.45) is 1.77. The molecule has 0 saturated carbocycles. The lowest BCUT2D eigenvalue weighted by molar-refractivity contribution is 0.103. The lowest BCUT2D eigenvalue weighted by Crippen LogP contribution is -2.36. The maximum atomic E-state index is 12.2. The van der Waals surface area contributed by atoms with Gasteiger partial charge in [0.05, 0.1) is 30.1 Å². The van der Waals surface area contributed by atoms with Gasteiger partial charge in [-0.3, -0.25) is 4.79 Å². The molecule has 1 saturated heterocycles. The van der Waals surface area contributed by atoms with Crippen LogP contribution in [0.15, 0.2) is 23.7 Å². The minimum absolute atomic E-state index is 0.227. The summed E-state index contributed by atoms with van der Waals surface area (Å²) in [6, 6.07) is 3.76. The Balaban J connectivity index is 1.68. The van der Waals surface area contributed by atoms with Crippen molar-refractivity contribution >= 4 is 40.4 Å². The highest BCUT2D eigenvalue weighted by Crippen LogP contribution is 2.27. The zero-order valence-corrected chi connectivity index (χ0v) is 13.7. The van der Waals surface area contributed by atoms with E-state index in [0.717, 1.165) is 37.6 Å². The van der Waals surface area contributed by atoms with E-state index in [1.807, 2.05) is 18.4 Å². The maximum absolute atomic E-state index is 12.2. The summed E-state index contributed by atoms with van der Waals surface area (Å²) in [5, 5.41) is 5.15. The molecule has 0 radical (unpaired) electrons. The molecule has 1 amide bonds. The van der Waals surface area contributed by atoms with E-state index in [1.165, 1.54) is 11.3 Å². The largest absolute Gasteiger partial charge is 0.378 e. The highest BCUT2D eigenvalue weighted by Gasteiger charge is 2.16. The van der Waals surface area contributed by atoms with Crippen LogP contribution in [0, 0.1) is 6.92 Å². The van der Waals surface area contributed by atoms with Crippen LogP contribution in [0.1, 0.15) is 15.2 Å². The molecule has 0 spiro atoms. The van der Waals surface area contributed by atoms with Gasteiger partial charge in [0.15, 0.2) is 0 Å². The molecule has 0 aliphatic carbocycles. The first-order chi connectivity index (χ1) is 10.6.